The van der Waals surface area contributed by atoms with E-state index in [4.69, 9.17) is 9.47 Å². The van der Waals surface area contributed by atoms with Crippen LogP contribution >= 0.6 is 0 Å². The van der Waals surface area contributed by atoms with Gasteiger partial charge in [-0.3, -0.25) is 9.69 Å². The number of aliphatic hydroxyl groups excluding tert-OH is 1. The Morgan fingerprint density at radius 2 is 1.78 bits per heavy atom. The minimum absolute atomic E-state index is 0.00464. The van der Waals surface area contributed by atoms with Crippen molar-refractivity contribution in [3.63, 3.8) is 0 Å². The number of aliphatic hydroxyl groups is 1. The first-order valence-electron chi connectivity index (χ1n) is 16.9. The molecule has 9 heteroatoms. The van der Waals surface area contributed by atoms with Gasteiger partial charge in [-0.1, -0.05) is 56.5 Å². The van der Waals surface area contributed by atoms with E-state index in [0.29, 0.717) is 36.7 Å². The molecule has 0 bridgehead atoms. The minimum Gasteiger partial charge on any atom is -0.490 e. The molecular weight excluding hydrogens is 568 g/mol. The zero-order valence-corrected chi connectivity index (χ0v) is 27.7. The van der Waals surface area contributed by atoms with Crippen LogP contribution in [0.2, 0.25) is 0 Å². The molecule has 1 heterocycles. The van der Waals surface area contributed by atoms with Crippen LogP contribution in [0.4, 0.5) is 10.5 Å². The molecule has 0 saturated heterocycles. The second-order valence-corrected chi connectivity index (χ2v) is 13.1. The quantitative estimate of drug-likeness (QED) is 0.330. The van der Waals surface area contributed by atoms with Crippen LogP contribution in [0.3, 0.4) is 0 Å². The monoisotopic (exact) mass is 622 g/mol. The Kier molecular flexibility index (Phi) is 13.5. The summed E-state index contributed by atoms with van der Waals surface area (Å²) in [6.45, 7) is 8.37. The van der Waals surface area contributed by atoms with Gasteiger partial charge >= 0.3 is 6.03 Å². The van der Waals surface area contributed by atoms with Crippen LogP contribution in [0.15, 0.2) is 48.5 Å². The summed E-state index contributed by atoms with van der Waals surface area (Å²) >= 11 is 0. The number of nitrogens with one attached hydrogen (secondary N) is 2. The molecule has 4 atom stereocenters. The second-order valence-electron chi connectivity index (χ2n) is 13.1. The van der Waals surface area contributed by atoms with Gasteiger partial charge in [-0.15, -0.1) is 0 Å². The smallest absolute Gasteiger partial charge is 0.319 e. The van der Waals surface area contributed by atoms with Crippen molar-refractivity contribution in [1.82, 2.24) is 15.1 Å². The third kappa shape index (κ3) is 10.7. The number of carbonyl (C=O) groups excluding carboxylic acids is 2. The molecule has 0 aromatic heterocycles. The Balaban J connectivity index is 1.56. The maximum atomic E-state index is 14.3. The van der Waals surface area contributed by atoms with E-state index in [2.05, 4.69) is 53.8 Å². The van der Waals surface area contributed by atoms with Gasteiger partial charge in [0.1, 0.15) is 5.75 Å². The Morgan fingerprint density at radius 3 is 2.51 bits per heavy atom. The molecule has 248 valence electrons. The predicted octanol–water partition coefficient (Wildman–Crippen LogP) is 6.07. The molecule has 2 aromatic rings. The fraction of sp³-hybridized carbons (Fsp3) is 0.611. The van der Waals surface area contributed by atoms with Crippen molar-refractivity contribution in [3.05, 3.63) is 59.7 Å². The molecular formula is C36H54N4O5. The van der Waals surface area contributed by atoms with Gasteiger partial charge in [-0.05, 0) is 76.8 Å². The highest BCUT2D eigenvalue weighted by Crippen LogP contribution is 2.29. The van der Waals surface area contributed by atoms with Crippen LogP contribution in [0.5, 0.6) is 5.75 Å². The van der Waals surface area contributed by atoms with E-state index in [1.165, 1.54) is 12.0 Å². The Labute approximate surface area is 269 Å². The lowest BCUT2D eigenvalue weighted by Gasteiger charge is -2.36. The Morgan fingerprint density at radius 1 is 1.04 bits per heavy atom. The highest BCUT2D eigenvalue weighted by Gasteiger charge is 2.30. The Hall–Kier alpha value is -3.14. The number of rotatable bonds is 8. The van der Waals surface area contributed by atoms with Gasteiger partial charge in [0.25, 0.3) is 5.91 Å². The summed E-state index contributed by atoms with van der Waals surface area (Å²) in [4.78, 5) is 31.2. The highest BCUT2D eigenvalue weighted by atomic mass is 16.5. The predicted molar refractivity (Wildman–Crippen MR) is 179 cm³/mol. The normalized spacial score (nSPS) is 23.0. The van der Waals surface area contributed by atoms with Crippen molar-refractivity contribution < 1.29 is 24.2 Å². The van der Waals surface area contributed by atoms with E-state index in [1.54, 1.807) is 23.1 Å². The van der Waals surface area contributed by atoms with E-state index >= 15 is 0 Å². The fourth-order valence-electron chi connectivity index (χ4n) is 6.33. The number of amides is 3. The summed E-state index contributed by atoms with van der Waals surface area (Å²) in [6.07, 6.45) is 7.91. The number of urea groups is 1. The standard InChI is InChI=1S/C36H54N4O5/c1-26-22-40(27(2)25-41)35(42)32-21-31(38-36(43)37-30-16-9-6-10-17-30)18-19-33(32)45-28(3)13-11-12-20-44-34(26)24-39(4)23-29-14-7-5-8-15-29/h5,7-8,14-15,18-19,21,26-28,30,34,41H,6,9-13,16-17,20,22-25H2,1-4H3,(H2,37,38,43)/t26-,27+,28+,34-/m0/s1. The molecule has 0 spiro atoms. The minimum atomic E-state index is -0.424. The van der Waals surface area contributed by atoms with Crippen LogP contribution in [-0.2, 0) is 11.3 Å². The van der Waals surface area contributed by atoms with Gasteiger partial charge in [0.2, 0.25) is 0 Å². The highest BCUT2D eigenvalue weighted by molar-refractivity contribution is 5.99. The van der Waals surface area contributed by atoms with Crippen LogP contribution in [0.1, 0.15) is 88.1 Å². The zero-order chi connectivity index (χ0) is 32.2. The lowest BCUT2D eigenvalue weighted by Crippen LogP contribution is -2.47. The van der Waals surface area contributed by atoms with Crippen molar-refractivity contribution in [3.8, 4) is 5.75 Å². The number of anilines is 1. The van der Waals surface area contributed by atoms with Crippen molar-refractivity contribution in [1.29, 1.82) is 0 Å². The summed E-state index contributed by atoms with van der Waals surface area (Å²) < 4.78 is 12.8. The molecule has 1 fully saturated rings. The maximum absolute atomic E-state index is 14.3. The lowest BCUT2D eigenvalue weighted by molar-refractivity contribution is -0.0177. The molecule has 4 rings (SSSR count). The first-order chi connectivity index (χ1) is 21.7. The molecule has 0 unspecified atom stereocenters. The van der Waals surface area contributed by atoms with Crippen LogP contribution in [0, 0.1) is 5.92 Å². The van der Waals surface area contributed by atoms with E-state index in [1.807, 2.05) is 19.9 Å². The number of ether oxygens (including phenoxy) is 2. The van der Waals surface area contributed by atoms with Crippen LogP contribution in [-0.4, -0.2) is 84.5 Å². The number of fused-ring (bicyclic) bond motifs is 1. The summed E-state index contributed by atoms with van der Waals surface area (Å²) in [6, 6.07) is 15.1. The van der Waals surface area contributed by atoms with E-state index in [9.17, 15) is 14.7 Å². The topological polar surface area (TPSA) is 103 Å². The first-order valence-corrected chi connectivity index (χ1v) is 16.9. The molecule has 45 heavy (non-hydrogen) atoms. The number of hydrogen-bond acceptors (Lipinski definition) is 6. The number of likely N-dealkylation sites (N-methyl/N-ethyl adjacent to an activating group) is 1. The average molecular weight is 623 g/mol. The average Bonchev–Trinajstić information content (AvgIpc) is 3.03. The second kappa shape index (κ2) is 17.5. The molecule has 1 saturated carbocycles. The van der Waals surface area contributed by atoms with Crippen molar-refractivity contribution in [2.75, 3.05) is 38.7 Å². The van der Waals surface area contributed by atoms with Gasteiger partial charge in [0.15, 0.2) is 0 Å². The summed E-state index contributed by atoms with van der Waals surface area (Å²) in [7, 11) is 2.10. The van der Waals surface area contributed by atoms with Crippen molar-refractivity contribution >= 4 is 17.6 Å². The van der Waals surface area contributed by atoms with Gasteiger partial charge in [0.05, 0.1) is 30.4 Å². The van der Waals surface area contributed by atoms with Crippen molar-refractivity contribution in [2.24, 2.45) is 5.92 Å². The van der Waals surface area contributed by atoms with Gasteiger partial charge in [0, 0.05) is 43.9 Å². The van der Waals surface area contributed by atoms with Crippen LogP contribution in [0.25, 0.3) is 0 Å². The number of carbonyl (C=O) groups is 2. The molecule has 2 aliphatic rings. The summed E-state index contributed by atoms with van der Waals surface area (Å²) in [5.74, 6) is 0.242. The van der Waals surface area contributed by atoms with E-state index in [-0.39, 0.29) is 42.7 Å². The summed E-state index contributed by atoms with van der Waals surface area (Å²) in [5.41, 5.74) is 2.14. The van der Waals surface area contributed by atoms with Gasteiger partial charge < -0.3 is 30.1 Å². The zero-order valence-electron chi connectivity index (χ0n) is 27.7. The third-order valence-electron chi connectivity index (χ3n) is 9.04. The van der Waals surface area contributed by atoms with Crippen LogP contribution < -0.4 is 15.4 Å². The molecule has 3 N–H and O–H groups in total. The SMILES string of the molecule is C[C@@H]1CCCCO[C@@H](CN(C)Cc2ccccc2)[C@@H](C)CN([C@H](C)CO)C(=O)c2cc(NC(=O)NC3CCCCC3)ccc2O1. The molecule has 3 amide bonds. The van der Waals surface area contributed by atoms with E-state index < -0.39 is 6.04 Å². The van der Waals surface area contributed by atoms with Gasteiger partial charge in [-0.2, -0.15) is 0 Å². The number of benzene rings is 2. The third-order valence-corrected chi connectivity index (χ3v) is 9.04. The van der Waals surface area contributed by atoms with Crippen molar-refractivity contribution in [2.45, 2.75) is 103 Å². The maximum Gasteiger partial charge on any atom is 0.319 e. The lowest BCUT2D eigenvalue weighted by atomic mass is 9.96. The van der Waals surface area contributed by atoms with Gasteiger partial charge in [-0.25, -0.2) is 4.79 Å². The fourth-order valence-corrected chi connectivity index (χ4v) is 6.33. The number of hydrogen-bond donors (Lipinski definition) is 3. The molecule has 2 aromatic carbocycles. The molecule has 1 aliphatic carbocycles. The number of nitrogens with zero attached hydrogens (tertiary/aromatic N) is 2. The molecule has 9 nitrogen and oxygen atoms in total. The van der Waals surface area contributed by atoms with E-state index in [0.717, 1.165) is 51.5 Å². The molecule has 1 aliphatic heterocycles. The summed E-state index contributed by atoms with van der Waals surface area (Å²) in [5, 5.41) is 16.3. The molecule has 0 radical (unpaired) electrons. The first kappa shape index (κ1) is 34.7. The largest absolute Gasteiger partial charge is 0.490 e. The Bertz CT molecular complexity index is 1210.